The molecular weight excluding hydrogens is 158 g/mol. The zero-order valence-electron chi connectivity index (χ0n) is 9.56. The molecule has 0 rings (SSSR count). The average Bonchev–Trinajstić information content (AvgIpc) is 2.11. The predicted molar refractivity (Wildman–Crippen MR) is 59.4 cm³/mol. The van der Waals surface area contributed by atoms with Gasteiger partial charge in [0.05, 0.1) is 0 Å². The second-order valence-corrected chi connectivity index (χ2v) is 3.75. The number of rotatable bonds is 5. The first kappa shape index (κ1) is 12.4. The van der Waals surface area contributed by atoms with Crippen molar-refractivity contribution in [3.05, 3.63) is 0 Å². The Morgan fingerprint density at radius 2 is 1.77 bits per heavy atom. The van der Waals surface area contributed by atoms with Gasteiger partial charge >= 0.3 is 0 Å². The van der Waals surface area contributed by atoms with Gasteiger partial charge in [0.1, 0.15) is 0 Å². The molecule has 0 saturated carbocycles. The van der Waals surface area contributed by atoms with E-state index in [1.807, 2.05) is 0 Å². The summed E-state index contributed by atoms with van der Waals surface area (Å²) in [5.41, 5.74) is 0. The molecule has 0 aromatic heterocycles. The number of nitrogens with zero attached hydrogens (tertiary/aromatic N) is 1. The maximum absolute atomic E-state index is 3.22. The Balaban J connectivity index is 3.48. The molecule has 0 atom stereocenters. The molecule has 0 heterocycles. The van der Waals surface area contributed by atoms with Crippen LogP contribution in [0.2, 0.25) is 0 Å². The van der Waals surface area contributed by atoms with Crippen molar-refractivity contribution in [2.45, 2.75) is 47.0 Å². The van der Waals surface area contributed by atoms with Gasteiger partial charge in [0.15, 0.2) is 0 Å². The van der Waals surface area contributed by atoms with E-state index in [1.165, 1.54) is 12.8 Å². The number of hydrogen-bond acceptors (Lipinski definition) is 1. The quantitative estimate of drug-likeness (QED) is 0.358. The second kappa shape index (κ2) is 7.98. The van der Waals surface area contributed by atoms with Gasteiger partial charge in [-0.05, 0) is 26.2 Å². The molecule has 13 heavy (non-hydrogen) atoms. The monoisotopic (exact) mass is 181 g/mol. The molecule has 0 bridgehead atoms. The van der Waals surface area contributed by atoms with Gasteiger partial charge < -0.3 is 4.90 Å². The summed E-state index contributed by atoms with van der Waals surface area (Å²) in [5.74, 6) is 4.03. The highest BCUT2D eigenvalue weighted by molar-refractivity contribution is 4.97. The van der Waals surface area contributed by atoms with E-state index >= 15 is 0 Å². The van der Waals surface area contributed by atoms with Crippen LogP contribution in [0.25, 0.3) is 0 Å². The Hall–Kier alpha value is -0.640. The summed E-state index contributed by atoms with van der Waals surface area (Å²) in [7, 11) is 0. The standard InChI is InChI=1S/C12H23N/c1-5-13(6-2)11-9-7-8-10-12(3)4/h12H,5-8,10H2,1-4H3. The fraction of sp³-hybridized carbons (Fsp3) is 0.833. The molecule has 0 unspecified atom stereocenters. The van der Waals surface area contributed by atoms with E-state index in [9.17, 15) is 0 Å². The van der Waals surface area contributed by atoms with Crippen LogP contribution < -0.4 is 0 Å². The molecule has 0 spiro atoms. The van der Waals surface area contributed by atoms with Crippen molar-refractivity contribution in [3.63, 3.8) is 0 Å². The molecule has 0 aliphatic heterocycles. The van der Waals surface area contributed by atoms with Gasteiger partial charge in [0.2, 0.25) is 0 Å². The first-order chi connectivity index (χ1) is 6.20. The maximum atomic E-state index is 3.22. The van der Waals surface area contributed by atoms with Crippen molar-refractivity contribution < 1.29 is 0 Å². The molecule has 0 aromatic carbocycles. The van der Waals surface area contributed by atoms with E-state index in [-0.39, 0.29) is 0 Å². The molecule has 1 nitrogen and oxygen atoms in total. The lowest BCUT2D eigenvalue weighted by molar-refractivity contribution is 0.443. The maximum Gasteiger partial charge on any atom is 0.0232 e. The first-order valence-electron chi connectivity index (χ1n) is 5.44. The van der Waals surface area contributed by atoms with E-state index in [1.54, 1.807) is 0 Å². The van der Waals surface area contributed by atoms with E-state index < -0.39 is 0 Å². The molecule has 0 radical (unpaired) electrons. The Bertz CT molecular complexity index is 158. The van der Waals surface area contributed by atoms with Gasteiger partial charge in [0.25, 0.3) is 0 Å². The zero-order chi connectivity index (χ0) is 10.1. The minimum atomic E-state index is 0.815. The number of hydrogen-bond donors (Lipinski definition) is 0. The van der Waals surface area contributed by atoms with E-state index in [0.29, 0.717) is 0 Å². The Morgan fingerprint density at radius 1 is 1.15 bits per heavy atom. The predicted octanol–water partition coefficient (Wildman–Crippen LogP) is 3.12. The molecule has 0 amide bonds. The smallest absolute Gasteiger partial charge is 0.0232 e. The lowest BCUT2D eigenvalue weighted by Gasteiger charge is -2.10. The molecule has 0 aliphatic rings. The van der Waals surface area contributed by atoms with Crippen molar-refractivity contribution in [1.82, 2.24) is 4.90 Å². The summed E-state index contributed by atoms with van der Waals surface area (Å²) in [6.07, 6.45) is 3.59. The Kier molecular flexibility index (Phi) is 7.59. The van der Waals surface area contributed by atoms with Crippen molar-refractivity contribution in [3.8, 4) is 12.0 Å². The fourth-order valence-corrected chi connectivity index (χ4v) is 1.15. The third-order valence-electron chi connectivity index (χ3n) is 2.08. The van der Waals surface area contributed by atoms with Crippen molar-refractivity contribution in [2.24, 2.45) is 5.92 Å². The van der Waals surface area contributed by atoms with E-state index in [4.69, 9.17) is 0 Å². The molecule has 0 aromatic rings. The second-order valence-electron chi connectivity index (χ2n) is 3.75. The van der Waals surface area contributed by atoms with Crippen LogP contribution in [0.5, 0.6) is 0 Å². The molecule has 0 N–H and O–H groups in total. The van der Waals surface area contributed by atoms with Gasteiger partial charge in [-0.1, -0.05) is 26.2 Å². The highest BCUT2D eigenvalue weighted by Gasteiger charge is 1.92. The first-order valence-corrected chi connectivity index (χ1v) is 5.44. The zero-order valence-corrected chi connectivity index (χ0v) is 9.56. The summed E-state index contributed by atoms with van der Waals surface area (Å²) >= 11 is 0. The highest BCUT2D eigenvalue weighted by atomic mass is 15.1. The Morgan fingerprint density at radius 3 is 2.23 bits per heavy atom. The lowest BCUT2D eigenvalue weighted by atomic mass is 10.1. The minimum absolute atomic E-state index is 0.815. The largest absolute Gasteiger partial charge is 0.333 e. The molecule has 0 saturated heterocycles. The van der Waals surface area contributed by atoms with Gasteiger partial charge in [0, 0.05) is 25.6 Å². The van der Waals surface area contributed by atoms with Crippen LogP contribution in [0.15, 0.2) is 0 Å². The molecule has 0 fully saturated rings. The summed E-state index contributed by atoms with van der Waals surface area (Å²) in [4.78, 5) is 2.15. The molecule has 0 aliphatic carbocycles. The van der Waals surface area contributed by atoms with Crippen molar-refractivity contribution >= 4 is 0 Å². The lowest BCUT2D eigenvalue weighted by Crippen LogP contribution is -2.15. The summed E-state index contributed by atoms with van der Waals surface area (Å²) in [6, 6.07) is 3.18. The molecule has 76 valence electrons. The average molecular weight is 181 g/mol. The summed E-state index contributed by atoms with van der Waals surface area (Å²) in [6.45, 7) is 10.9. The highest BCUT2D eigenvalue weighted by Crippen LogP contribution is 2.04. The van der Waals surface area contributed by atoms with Gasteiger partial charge in [-0.25, -0.2) is 0 Å². The summed E-state index contributed by atoms with van der Waals surface area (Å²) < 4.78 is 0. The van der Waals surface area contributed by atoms with Crippen LogP contribution in [-0.2, 0) is 0 Å². The van der Waals surface area contributed by atoms with E-state index in [0.717, 1.165) is 25.4 Å². The topological polar surface area (TPSA) is 3.24 Å². The normalized spacial score (nSPS) is 9.62. The van der Waals surface area contributed by atoms with Gasteiger partial charge in [-0.15, -0.1) is 0 Å². The van der Waals surface area contributed by atoms with Gasteiger partial charge in [-0.3, -0.25) is 0 Å². The van der Waals surface area contributed by atoms with Crippen LogP contribution in [0, 0.1) is 17.9 Å². The SMILES string of the molecule is CCN(C#CCCCC(C)C)CC. The van der Waals surface area contributed by atoms with Crippen LogP contribution >= 0.6 is 0 Å². The minimum Gasteiger partial charge on any atom is -0.333 e. The van der Waals surface area contributed by atoms with Gasteiger partial charge in [-0.2, -0.15) is 0 Å². The molecule has 1 heteroatoms. The van der Waals surface area contributed by atoms with Crippen LogP contribution in [0.1, 0.15) is 47.0 Å². The van der Waals surface area contributed by atoms with Crippen LogP contribution in [0.4, 0.5) is 0 Å². The third kappa shape index (κ3) is 7.71. The van der Waals surface area contributed by atoms with Crippen molar-refractivity contribution in [1.29, 1.82) is 0 Å². The van der Waals surface area contributed by atoms with Crippen molar-refractivity contribution in [2.75, 3.05) is 13.1 Å². The Labute approximate surface area is 83.5 Å². The fourth-order valence-electron chi connectivity index (χ4n) is 1.15. The van der Waals surface area contributed by atoms with E-state index in [2.05, 4.69) is 44.6 Å². The third-order valence-corrected chi connectivity index (χ3v) is 2.08. The van der Waals surface area contributed by atoms with Crippen LogP contribution in [0.3, 0.4) is 0 Å². The van der Waals surface area contributed by atoms with Crippen LogP contribution in [-0.4, -0.2) is 18.0 Å². The number of unbranched alkanes of at least 4 members (excludes halogenated alkanes) is 1. The molecular formula is C12H23N. The summed E-state index contributed by atoms with van der Waals surface area (Å²) in [5, 5.41) is 0.